The van der Waals surface area contributed by atoms with Crippen LogP contribution in [0.3, 0.4) is 0 Å². The van der Waals surface area contributed by atoms with Gasteiger partial charge in [0.15, 0.2) is 0 Å². The van der Waals surface area contributed by atoms with Gasteiger partial charge in [-0.3, -0.25) is 4.98 Å². The standard InChI is InChI=1S/C16H18F2N2O/c1-11(20-12(2)14-6-4-8-19-10-14)13-5-3-7-15(9-13)21-16(17)18/h3-12,16,20H,1-2H3/t11?,12-/m1/s1. The van der Waals surface area contributed by atoms with Crippen LogP contribution in [0.4, 0.5) is 8.78 Å². The van der Waals surface area contributed by atoms with Crippen LogP contribution in [0, 0.1) is 0 Å². The van der Waals surface area contributed by atoms with E-state index in [4.69, 9.17) is 0 Å². The summed E-state index contributed by atoms with van der Waals surface area (Å²) in [5.41, 5.74) is 1.97. The Kier molecular flexibility index (Phi) is 5.22. The molecule has 0 radical (unpaired) electrons. The zero-order valence-electron chi connectivity index (χ0n) is 12.0. The molecule has 0 bridgehead atoms. The van der Waals surface area contributed by atoms with E-state index in [1.807, 2.05) is 32.0 Å². The zero-order chi connectivity index (χ0) is 15.2. The fourth-order valence-corrected chi connectivity index (χ4v) is 2.16. The number of alkyl halides is 2. The molecular formula is C16H18F2N2O. The van der Waals surface area contributed by atoms with Gasteiger partial charge >= 0.3 is 6.61 Å². The van der Waals surface area contributed by atoms with E-state index in [-0.39, 0.29) is 17.8 Å². The van der Waals surface area contributed by atoms with E-state index in [1.165, 1.54) is 6.07 Å². The maximum atomic E-state index is 12.2. The van der Waals surface area contributed by atoms with Crippen molar-refractivity contribution in [1.29, 1.82) is 0 Å². The highest BCUT2D eigenvalue weighted by atomic mass is 19.3. The molecule has 3 nitrogen and oxygen atoms in total. The lowest BCUT2D eigenvalue weighted by atomic mass is 10.1. The molecule has 0 aliphatic carbocycles. The third-order valence-corrected chi connectivity index (χ3v) is 3.27. The number of ether oxygens (including phenoxy) is 1. The Balaban J connectivity index is 2.04. The lowest BCUT2D eigenvalue weighted by Gasteiger charge is -2.21. The number of nitrogens with zero attached hydrogens (tertiary/aromatic N) is 1. The number of nitrogens with one attached hydrogen (secondary N) is 1. The molecule has 0 aliphatic heterocycles. The van der Waals surface area contributed by atoms with Crippen molar-refractivity contribution in [3.8, 4) is 5.75 Å². The Morgan fingerprint density at radius 3 is 2.43 bits per heavy atom. The van der Waals surface area contributed by atoms with Crippen LogP contribution < -0.4 is 10.1 Å². The molecule has 2 atom stereocenters. The minimum atomic E-state index is -2.81. The van der Waals surface area contributed by atoms with E-state index in [9.17, 15) is 8.78 Å². The molecule has 0 saturated carbocycles. The summed E-state index contributed by atoms with van der Waals surface area (Å²) in [5, 5.41) is 3.41. The third kappa shape index (κ3) is 4.49. The molecule has 1 aromatic carbocycles. The number of hydrogen-bond acceptors (Lipinski definition) is 3. The molecule has 0 spiro atoms. The second-order valence-corrected chi connectivity index (χ2v) is 4.85. The first kappa shape index (κ1) is 15.4. The molecule has 21 heavy (non-hydrogen) atoms. The largest absolute Gasteiger partial charge is 0.435 e. The SMILES string of the molecule is CC(N[C@H](C)c1cccnc1)c1cccc(OC(F)F)c1. The highest BCUT2D eigenvalue weighted by molar-refractivity contribution is 5.30. The van der Waals surface area contributed by atoms with E-state index in [0.717, 1.165) is 11.1 Å². The van der Waals surface area contributed by atoms with Gasteiger partial charge in [-0.1, -0.05) is 18.2 Å². The fourth-order valence-electron chi connectivity index (χ4n) is 2.16. The van der Waals surface area contributed by atoms with Crippen LogP contribution in [-0.4, -0.2) is 11.6 Å². The smallest absolute Gasteiger partial charge is 0.387 e. The summed E-state index contributed by atoms with van der Waals surface area (Å²) >= 11 is 0. The first-order valence-corrected chi connectivity index (χ1v) is 6.77. The number of benzene rings is 1. The van der Waals surface area contributed by atoms with Crippen molar-refractivity contribution < 1.29 is 13.5 Å². The molecule has 1 N–H and O–H groups in total. The average Bonchev–Trinajstić information content (AvgIpc) is 2.47. The topological polar surface area (TPSA) is 34.2 Å². The predicted molar refractivity (Wildman–Crippen MR) is 77.3 cm³/mol. The first-order valence-electron chi connectivity index (χ1n) is 6.77. The molecule has 1 unspecified atom stereocenters. The molecule has 0 amide bonds. The van der Waals surface area contributed by atoms with Crippen LogP contribution in [-0.2, 0) is 0 Å². The molecule has 0 aliphatic rings. The molecule has 1 heterocycles. The molecule has 0 saturated heterocycles. The minimum absolute atomic E-state index is 0.00132. The third-order valence-electron chi connectivity index (χ3n) is 3.27. The minimum Gasteiger partial charge on any atom is -0.435 e. The Labute approximate surface area is 123 Å². The summed E-state index contributed by atoms with van der Waals surface area (Å²) in [7, 11) is 0. The lowest BCUT2D eigenvalue weighted by molar-refractivity contribution is -0.0499. The highest BCUT2D eigenvalue weighted by Crippen LogP contribution is 2.23. The van der Waals surface area contributed by atoms with Gasteiger partial charge in [0.2, 0.25) is 0 Å². The molecule has 0 fully saturated rings. The number of rotatable bonds is 6. The Morgan fingerprint density at radius 1 is 1.05 bits per heavy atom. The summed E-state index contributed by atoms with van der Waals surface area (Å²) in [5.74, 6) is 0.171. The summed E-state index contributed by atoms with van der Waals surface area (Å²) < 4.78 is 28.9. The second-order valence-electron chi connectivity index (χ2n) is 4.85. The van der Waals surface area contributed by atoms with E-state index in [1.54, 1.807) is 24.5 Å². The van der Waals surface area contributed by atoms with E-state index >= 15 is 0 Å². The van der Waals surface area contributed by atoms with Crippen molar-refractivity contribution in [2.45, 2.75) is 32.5 Å². The van der Waals surface area contributed by atoms with Crippen molar-refractivity contribution in [3.05, 3.63) is 59.9 Å². The fraction of sp³-hybridized carbons (Fsp3) is 0.312. The quantitative estimate of drug-likeness (QED) is 0.870. The monoisotopic (exact) mass is 292 g/mol. The summed E-state index contributed by atoms with van der Waals surface area (Å²) in [4.78, 5) is 4.09. The predicted octanol–water partition coefficient (Wildman–Crippen LogP) is 4.09. The summed E-state index contributed by atoms with van der Waals surface area (Å²) in [6, 6.07) is 10.7. The van der Waals surface area contributed by atoms with Crippen molar-refractivity contribution in [2.75, 3.05) is 0 Å². The normalized spacial score (nSPS) is 14.0. The van der Waals surface area contributed by atoms with Gasteiger partial charge in [0, 0.05) is 24.5 Å². The van der Waals surface area contributed by atoms with Crippen LogP contribution in [0.2, 0.25) is 0 Å². The summed E-state index contributed by atoms with van der Waals surface area (Å²) in [6.45, 7) is 1.21. The lowest BCUT2D eigenvalue weighted by Crippen LogP contribution is -2.22. The number of hydrogen-bond donors (Lipinski definition) is 1. The van der Waals surface area contributed by atoms with Crippen LogP contribution in [0.1, 0.15) is 37.1 Å². The molecule has 1 aromatic heterocycles. The highest BCUT2D eigenvalue weighted by Gasteiger charge is 2.12. The van der Waals surface area contributed by atoms with Crippen molar-refractivity contribution >= 4 is 0 Å². The number of halogens is 2. The van der Waals surface area contributed by atoms with Gasteiger partial charge in [-0.15, -0.1) is 0 Å². The van der Waals surface area contributed by atoms with Crippen molar-refractivity contribution in [2.24, 2.45) is 0 Å². The van der Waals surface area contributed by atoms with E-state index < -0.39 is 6.61 Å². The van der Waals surface area contributed by atoms with Crippen LogP contribution in [0.15, 0.2) is 48.8 Å². The van der Waals surface area contributed by atoms with Gasteiger partial charge < -0.3 is 10.1 Å². The molecule has 2 aromatic rings. The van der Waals surface area contributed by atoms with E-state index in [2.05, 4.69) is 15.0 Å². The van der Waals surface area contributed by atoms with Gasteiger partial charge in [0.05, 0.1) is 0 Å². The number of pyridine rings is 1. The average molecular weight is 292 g/mol. The first-order chi connectivity index (χ1) is 10.1. The van der Waals surface area contributed by atoms with Gasteiger partial charge in [-0.2, -0.15) is 8.78 Å². The van der Waals surface area contributed by atoms with E-state index in [0.29, 0.717) is 0 Å². The van der Waals surface area contributed by atoms with Gasteiger partial charge in [-0.25, -0.2) is 0 Å². The Hall–Kier alpha value is -2.01. The molecule has 112 valence electrons. The molecule has 2 rings (SSSR count). The van der Waals surface area contributed by atoms with Crippen LogP contribution in [0.25, 0.3) is 0 Å². The van der Waals surface area contributed by atoms with Crippen LogP contribution in [0.5, 0.6) is 5.75 Å². The van der Waals surface area contributed by atoms with Gasteiger partial charge in [0.25, 0.3) is 0 Å². The van der Waals surface area contributed by atoms with Crippen LogP contribution >= 0.6 is 0 Å². The maximum absolute atomic E-state index is 12.2. The van der Waals surface area contributed by atoms with Gasteiger partial charge in [0.1, 0.15) is 5.75 Å². The van der Waals surface area contributed by atoms with Gasteiger partial charge in [-0.05, 0) is 43.2 Å². The Bertz CT molecular complexity index is 563. The second kappa shape index (κ2) is 7.13. The molecular weight excluding hydrogens is 274 g/mol. The molecule has 5 heteroatoms. The van der Waals surface area contributed by atoms with Crippen molar-refractivity contribution in [3.63, 3.8) is 0 Å². The summed E-state index contributed by atoms with van der Waals surface area (Å²) in [6.07, 6.45) is 3.53. The maximum Gasteiger partial charge on any atom is 0.387 e. The number of aromatic nitrogens is 1. The zero-order valence-corrected chi connectivity index (χ0v) is 12.0. The Morgan fingerprint density at radius 2 is 1.76 bits per heavy atom. The van der Waals surface area contributed by atoms with Crippen molar-refractivity contribution in [1.82, 2.24) is 10.3 Å².